The third-order valence-corrected chi connectivity index (χ3v) is 5.37. The Kier molecular flexibility index (Phi) is 4.79. The molecule has 0 spiro atoms. The molecule has 1 saturated heterocycles. The molecule has 2 aromatic rings. The van der Waals surface area contributed by atoms with Crippen LogP contribution in [0.25, 0.3) is 0 Å². The highest BCUT2D eigenvalue weighted by molar-refractivity contribution is 5.63. The Balaban J connectivity index is 1.63. The molecule has 0 aliphatic carbocycles. The predicted octanol–water partition coefficient (Wildman–Crippen LogP) is 3.42. The van der Waals surface area contributed by atoms with Crippen molar-refractivity contribution in [3.8, 4) is 5.75 Å². The van der Waals surface area contributed by atoms with Gasteiger partial charge in [0.05, 0.1) is 7.11 Å². The summed E-state index contributed by atoms with van der Waals surface area (Å²) in [5, 5.41) is 6.95. The van der Waals surface area contributed by atoms with Gasteiger partial charge in [0.15, 0.2) is 0 Å². The maximum Gasteiger partial charge on any atom is 0.119 e. The molecule has 132 valence electrons. The zero-order valence-corrected chi connectivity index (χ0v) is 14.9. The average molecular weight is 337 g/mol. The minimum atomic E-state index is 0.583. The van der Waals surface area contributed by atoms with E-state index < -0.39 is 0 Å². The minimum Gasteiger partial charge on any atom is -0.497 e. The molecule has 4 nitrogen and oxygen atoms in total. The van der Waals surface area contributed by atoms with Crippen molar-refractivity contribution < 1.29 is 4.74 Å². The number of hydrogen-bond acceptors (Lipinski definition) is 4. The number of anilines is 2. The molecule has 0 amide bonds. The second kappa shape index (κ2) is 7.36. The molecule has 2 N–H and O–H groups in total. The monoisotopic (exact) mass is 337 g/mol. The molecule has 0 atom stereocenters. The lowest BCUT2D eigenvalue weighted by atomic mass is 10.0. The first-order valence-corrected chi connectivity index (χ1v) is 9.30. The number of ether oxygens (including phenoxy) is 1. The normalized spacial score (nSPS) is 17.0. The number of nitrogens with zero attached hydrogens (tertiary/aromatic N) is 1. The number of nitrogens with one attached hydrogen (secondary N) is 2. The Labute approximate surface area is 150 Å². The van der Waals surface area contributed by atoms with Crippen LogP contribution in [-0.2, 0) is 13.0 Å². The van der Waals surface area contributed by atoms with Gasteiger partial charge in [0, 0.05) is 30.5 Å². The summed E-state index contributed by atoms with van der Waals surface area (Å²) in [6, 6.07) is 15.9. The van der Waals surface area contributed by atoms with E-state index in [0.29, 0.717) is 6.04 Å². The standard InChI is InChI=1S/C21H27N3O/c1-25-20-4-2-3-16(13-20)15-24(18-8-10-22-11-9-18)19-5-6-21-17(14-19)7-12-23-21/h2-6,13-14,18,22-23H,7-12,15H2,1H3. The zero-order chi connectivity index (χ0) is 17.1. The quantitative estimate of drug-likeness (QED) is 0.876. The molecule has 0 saturated carbocycles. The van der Waals surface area contributed by atoms with Crippen molar-refractivity contribution in [2.45, 2.75) is 31.8 Å². The van der Waals surface area contributed by atoms with Crippen LogP contribution in [0.1, 0.15) is 24.0 Å². The van der Waals surface area contributed by atoms with Gasteiger partial charge in [-0.05, 0) is 73.8 Å². The van der Waals surface area contributed by atoms with E-state index in [1.165, 1.54) is 35.3 Å². The molecule has 25 heavy (non-hydrogen) atoms. The zero-order valence-electron chi connectivity index (χ0n) is 14.9. The van der Waals surface area contributed by atoms with Gasteiger partial charge in [-0.25, -0.2) is 0 Å². The van der Waals surface area contributed by atoms with Gasteiger partial charge in [0.25, 0.3) is 0 Å². The molecule has 0 bridgehead atoms. The molecule has 4 heteroatoms. The number of rotatable bonds is 5. The number of methoxy groups -OCH3 is 1. The van der Waals surface area contributed by atoms with E-state index in [2.05, 4.69) is 51.9 Å². The molecule has 0 radical (unpaired) electrons. The Bertz CT molecular complexity index is 725. The lowest BCUT2D eigenvalue weighted by Gasteiger charge is -2.37. The second-order valence-corrected chi connectivity index (χ2v) is 6.98. The predicted molar refractivity (Wildman–Crippen MR) is 104 cm³/mol. The molecule has 4 rings (SSSR count). The minimum absolute atomic E-state index is 0.583. The third-order valence-electron chi connectivity index (χ3n) is 5.37. The van der Waals surface area contributed by atoms with E-state index in [-0.39, 0.29) is 0 Å². The van der Waals surface area contributed by atoms with Gasteiger partial charge in [-0.2, -0.15) is 0 Å². The second-order valence-electron chi connectivity index (χ2n) is 6.98. The summed E-state index contributed by atoms with van der Waals surface area (Å²) < 4.78 is 5.41. The summed E-state index contributed by atoms with van der Waals surface area (Å²) >= 11 is 0. The first-order valence-electron chi connectivity index (χ1n) is 9.30. The molecule has 2 aromatic carbocycles. The van der Waals surface area contributed by atoms with Crippen LogP contribution >= 0.6 is 0 Å². The van der Waals surface area contributed by atoms with Crippen molar-refractivity contribution in [2.24, 2.45) is 0 Å². The van der Waals surface area contributed by atoms with Crippen LogP contribution < -0.4 is 20.3 Å². The Hall–Kier alpha value is -2.20. The van der Waals surface area contributed by atoms with Crippen LogP contribution in [0.2, 0.25) is 0 Å². The van der Waals surface area contributed by atoms with Crippen LogP contribution in [0.15, 0.2) is 42.5 Å². The topological polar surface area (TPSA) is 36.5 Å². The van der Waals surface area contributed by atoms with Crippen molar-refractivity contribution in [2.75, 3.05) is 37.0 Å². The molecule has 0 unspecified atom stereocenters. The Morgan fingerprint density at radius 2 is 1.96 bits per heavy atom. The highest BCUT2D eigenvalue weighted by Crippen LogP contribution is 2.31. The van der Waals surface area contributed by atoms with Gasteiger partial charge < -0.3 is 20.3 Å². The van der Waals surface area contributed by atoms with E-state index in [1.807, 2.05) is 6.07 Å². The highest BCUT2D eigenvalue weighted by atomic mass is 16.5. The summed E-state index contributed by atoms with van der Waals surface area (Å²) in [6.45, 7) is 4.19. The van der Waals surface area contributed by atoms with Crippen LogP contribution in [0, 0.1) is 0 Å². The Morgan fingerprint density at radius 3 is 2.80 bits per heavy atom. The van der Waals surface area contributed by atoms with Gasteiger partial charge in [-0.1, -0.05) is 12.1 Å². The first-order chi connectivity index (χ1) is 12.3. The largest absolute Gasteiger partial charge is 0.497 e. The number of hydrogen-bond donors (Lipinski definition) is 2. The maximum absolute atomic E-state index is 5.41. The summed E-state index contributed by atoms with van der Waals surface area (Å²) in [5.74, 6) is 0.931. The highest BCUT2D eigenvalue weighted by Gasteiger charge is 2.23. The molecule has 2 aliphatic rings. The van der Waals surface area contributed by atoms with E-state index in [4.69, 9.17) is 4.74 Å². The SMILES string of the molecule is COc1cccc(CN(c2ccc3c(c2)CCN3)C2CCNCC2)c1. The van der Waals surface area contributed by atoms with Crippen molar-refractivity contribution in [1.82, 2.24) is 5.32 Å². The van der Waals surface area contributed by atoms with Gasteiger partial charge in [0.2, 0.25) is 0 Å². The molecule has 0 aromatic heterocycles. The average Bonchev–Trinajstić information content (AvgIpc) is 3.15. The van der Waals surface area contributed by atoms with E-state index in [0.717, 1.165) is 38.3 Å². The fourth-order valence-electron chi connectivity index (χ4n) is 3.99. The van der Waals surface area contributed by atoms with E-state index in [9.17, 15) is 0 Å². The van der Waals surface area contributed by atoms with Crippen molar-refractivity contribution in [3.05, 3.63) is 53.6 Å². The summed E-state index contributed by atoms with van der Waals surface area (Å²) in [7, 11) is 1.73. The van der Waals surface area contributed by atoms with Crippen LogP contribution in [-0.4, -0.2) is 32.8 Å². The van der Waals surface area contributed by atoms with E-state index >= 15 is 0 Å². The molecular weight excluding hydrogens is 310 g/mol. The summed E-state index contributed by atoms with van der Waals surface area (Å²) in [5.41, 5.74) is 5.39. The smallest absolute Gasteiger partial charge is 0.119 e. The third kappa shape index (κ3) is 3.59. The summed E-state index contributed by atoms with van der Waals surface area (Å²) in [4.78, 5) is 2.59. The number of benzene rings is 2. The van der Waals surface area contributed by atoms with Crippen LogP contribution in [0.5, 0.6) is 5.75 Å². The maximum atomic E-state index is 5.41. The lowest BCUT2D eigenvalue weighted by molar-refractivity contribution is 0.412. The van der Waals surface area contributed by atoms with Crippen LogP contribution in [0.3, 0.4) is 0 Å². The molecular formula is C21H27N3O. The lowest BCUT2D eigenvalue weighted by Crippen LogP contribution is -2.43. The van der Waals surface area contributed by atoms with Crippen molar-refractivity contribution >= 4 is 11.4 Å². The molecule has 2 aliphatic heterocycles. The number of piperidine rings is 1. The van der Waals surface area contributed by atoms with E-state index in [1.54, 1.807) is 7.11 Å². The Morgan fingerprint density at radius 1 is 1.08 bits per heavy atom. The summed E-state index contributed by atoms with van der Waals surface area (Å²) in [6.07, 6.45) is 3.51. The van der Waals surface area contributed by atoms with Gasteiger partial charge in [-0.3, -0.25) is 0 Å². The first kappa shape index (κ1) is 16.3. The molecule has 2 heterocycles. The number of fused-ring (bicyclic) bond motifs is 1. The van der Waals surface area contributed by atoms with Crippen LogP contribution in [0.4, 0.5) is 11.4 Å². The molecule has 1 fully saturated rings. The fraction of sp³-hybridized carbons (Fsp3) is 0.429. The van der Waals surface area contributed by atoms with Crippen molar-refractivity contribution in [1.29, 1.82) is 0 Å². The van der Waals surface area contributed by atoms with Gasteiger partial charge in [-0.15, -0.1) is 0 Å². The fourth-order valence-corrected chi connectivity index (χ4v) is 3.99. The van der Waals surface area contributed by atoms with Gasteiger partial charge >= 0.3 is 0 Å². The van der Waals surface area contributed by atoms with Crippen molar-refractivity contribution in [3.63, 3.8) is 0 Å². The van der Waals surface area contributed by atoms with Gasteiger partial charge in [0.1, 0.15) is 5.75 Å².